The first-order chi connectivity index (χ1) is 10.7. The second-order valence-electron chi connectivity index (χ2n) is 5.19. The number of aliphatic imine (C=N–C) groups is 1. The van der Waals surface area contributed by atoms with Crippen LogP contribution in [0.4, 0.5) is 4.39 Å². The van der Waals surface area contributed by atoms with E-state index in [0.29, 0.717) is 6.54 Å². The first-order valence-corrected chi connectivity index (χ1v) is 7.05. The summed E-state index contributed by atoms with van der Waals surface area (Å²) in [7, 11) is 0. The fourth-order valence-corrected chi connectivity index (χ4v) is 2.79. The van der Waals surface area contributed by atoms with Crippen LogP contribution >= 0.6 is 0 Å². The normalized spacial score (nSPS) is 13.1. The van der Waals surface area contributed by atoms with E-state index in [-0.39, 0.29) is 5.82 Å². The van der Waals surface area contributed by atoms with Crippen molar-refractivity contribution in [2.75, 3.05) is 0 Å². The van der Waals surface area contributed by atoms with Gasteiger partial charge in [-0.3, -0.25) is 9.56 Å². The summed E-state index contributed by atoms with van der Waals surface area (Å²) in [4.78, 5) is 4.66. The number of aryl methyl sites for hydroxylation is 1. The van der Waals surface area contributed by atoms with E-state index < -0.39 is 0 Å². The Balaban J connectivity index is 2.01. The van der Waals surface area contributed by atoms with Crippen LogP contribution in [0.15, 0.2) is 53.5 Å². The van der Waals surface area contributed by atoms with Gasteiger partial charge in [0.05, 0.1) is 11.4 Å². The molecule has 3 aromatic rings. The highest BCUT2D eigenvalue weighted by Gasteiger charge is 2.21. The molecule has 0 spiro atoms. The average Bonchev–Trinajstić information content (AvgIpc) is 2.82. The van der Waals surface area contributed by atoms with Gasteiger partial charge in [0, 0.05) is 11.1 Å². The zero-order valence-electron chi connectivity index (χ0n) is 12.0. The molecule has 0 saturated heterocycles. The molecule has 1 aliphatic rings. The minimum absolute atomic E-state index is 0.281. The van der Waals surface area contributed by atoms with Gasteiger partial charge in [0.1, 0.15) is 18.2 Å². The number of aromatic nitrogens is 3. The Morgan fingerprint density at radius 3 is 2.68 bits per heavy atom. The van der Waals surface area contributed by atoms with Crippen molar-refractivity contribution in [1.29, 1.82) is 0 Å². The summed E-state index contributed by atoms with van der Waals surface area (Å²) in [5.41, 5.74) is 3.36. The van der Waals surface area contributed by atoms with Gasteiger partial charge in [-0.2, -0.15) is 0 Å². The third kappa shape index (κ3) is 1.94. The maximum Gasteiger partial charge on any atom is 0.159 e. The molecule has 0 N–H and O–H groups in total. The molecule has 0 fully saturated rings. The second-order valence-corrected chi connectivity index (χ2v) is 5.19. The standard InChI is InChI=1S/C17H13FN4/c1-11-20-21-16-10-19-17(12-5-3-2-4-6-12)14-9-13(18)7-8-15(14)22(11)16/h2-9H,10H2,1H3. The summed E-state index contributed by atoms with van der Waals surface area (Å²) in [5, 5.41) is 8.29. The van der Waals surface area contributed by atoms with Gasteiger partial charge in [0.2, 0.25) is 0 Å². The van der Waals surface area contributed by atoms with Crippen LogP contribution in [0.25, 0.3) is 5.69 Å². The molecule has 108 valence electrons. The van der Waals surface area contributed by atoms with E-state index in [1.807, 2.05) is 41.8 Å². The van der Waals surface area contributed by atoms with Gasteiger partial charge in [-0.25, -0.2) is 4.39 Å². The van der Waals surface area contributed by atoms with E-state index in [0.717, 1.165) is 34.2 Å². The van der Waals surface area contributed by atoms with Crippen LogP contribution in [0, 0.1) is 12.7 Å². The van der Waals surface area contributed by atoms with Gasteiger partial charge < -0.3 is 0 Å². The number of halogens is 1. The monoisotopic (exact) mass is 292 g/mol. The molecule has 1 aliphatic heterocycles. The number of rotatable bonds is 1. The third-order valence-electron chi connectivity index (χ3n) is 3.77. The van der Waals surface area contributed by atoms with Crippen LogP contribution in [0.5, 0.6) is 0 Å². The average molecular weight is 292 g/mol. The lowest BCUT2D eigenvalue weighted by Gasteiger charge is -2.12. The topological polar surface area (TPSA) is 43.1 Å². The van der Waals surface area contributed by atoms with Crippen LogP contribution < -0.4 is 0 Å². The van der Waals surface area contributed by atoms with Crippen molar-refractivity contribution >= 4 is 5.71 Å². The zero-order chi connectivity index (χ0) is 15.1. The van der Waals surface area contributed by atoms with Gasteiger partial charge >= 0.3 is 0 Å². The number of hydrogen-bond donors (Lipinski definition) is 0. The summed E-state index contributed by atoms with van der Waals surface area (Å²) in [6.07, 6.45) is 0. The number of hydrogen-bond acceptors (Lipinski definition) is 3. The maximum absolute atomic E-state index is 13.8. The van der Waals surface area contributed by atoms with Crippen LogP contribution in [0.2, 0.25) is 0 Å². The van der Waals surface area contributed by atoms with E-state index in [1.54, 1.807) is 6.07 Å². The zero-order valence-corrected chi connectivity index (χ0v) is 12.0. The van der Waals surface area contributed by atoms with E-state index in [2.05, 4.69) is 15.2 Å². The first kappa shape index (κ1) is 12.9. The Bertz CT molecular complexity index is 881. The molecule has 0 radical (unpaired) electrons. The molecule has 5 heteroatoms. The molecule has 0 saturated carbocycles. The molecule has 0 amide bonds. The molecule has 0 aliphatic carbocycles. The van der Waals surface area contributed by atoms with Gasteiger partial charge in [-0.1, -0.05) is 30.3 Å². The molecule has 0 atom stereocenters. The molecule has 1 aromatic heterocycles. The van der Waals surface area contributed by atoms with Crippen LogP contribution in [0.1, 0.15) is 22.8 Å². The fourth-order valence-electron chi connectivity index (χ4n) is 2.79. The molecule has 22 heavy (non-hydrogen) atoms. The summed E-state index contributed by atoms with van der Waals surface area (Å²) < 4.78 is 15.8. The molecular weight excluding hydrogens is 279 g/mol. The van der Waals surface area contributed by atoms with Crippen molar-refractivity contribution in [2.45, 2.75) is 13.5 Å². The highest BCUT2D eigenvalue weighted by Crippen LogP contribution is 2.26. The molecular formula is C17H13FN4. The molecule has 0 unspecified atom stereocenters. The van der Waals surface area contributed by atoms with Gasteiger partial charge in [-0.15, -0.1) is 10.2 Å². The molecule has 2 heterocycles. The summed E-state index contributed by atoms with van der Waals surface area (Å²) in [6.45, 7) is 2.30. The lowest BCUT2D eigenvalue weighted by molar-refractivity contribution is 0.627. The van der Waals surface area contributed by atoms with Crippen molar-refractivity contribution < 1.29 is 4.39 Å². The predicted molar refractivity (Wildman–Crippen MR) is 81.8 cm³/mol. The molecule has 0 bridgehead atoms. The fraction of sp³-hybridized carbons (Fsp3) is 0.118. The highest BCUT2D eigenvalue weighted by atomic mass is 19.1. The van der Waals surface area contributed by atoms with E-state index in [4.69, 9.17) is 0 Å². The summed E-state index contributed by atoms with van der Waals surface area (Å²) >= 11 is 0. The minimum atomic E-state index is -0.281. The van der Waals surface area contributed by atoms with Crippen molar-refractivity contribution in [3.8, 4) is 5.69 Å². The SMILES string of the molecule is Cc1nnc2n1-c1ccc(F)cc1C(c1ccccc1)=NC2. The predicted octanol–water partition coefficient (Wildman–Crippen LogP) is 3.07. The smallest absolute Gasteiger partial charge is 0.159 e. The largest absolute Gasteiger partial charge is 0.281 e. The van der Waals surface area contributed by atoms with E-state index in [9.17, 15) is 4.39 Å². The Hall–Kier alpha value is -2.82. The molecule has 4 rings (SSSR count). The summed E-state index contributed by atoms with van der Waals surface area (Å²) in [5.74, 6) is 1.25. The number of benzene rings is 2. The lowest BCUT2D eigenvalue weighted by atomic mass is 10.0. The maximum atomic E-state index is 13.8. The Morgan fingerprint density at radius 2 is 1.86 bits per heavy atom. The van der Waals surface area contributed by atoms with E-state index >= 15 is 0 Å². The first-order valence-electron chi connectivity index (χ1n) is 7.05. The highest BCUT2D eigenvalue weighted by molar-refractivity contribution is 6.15. The molecule has 2 aromatic carbocycles. The third-order valence-corrected chi connectivity index (χ3v) is 3.77. The van der Waals surface area contributed by atoms with Gasteiger partial charge in [0.15, 0.2) is 5.82 Å². The van der Waals surface area contributed by atoms with Crippen molar-refractivity contribution in [1.82, 2.24) is 14.8 Å². The quantitative estimate of drug-likeness (QED) is 0.692. The van der Waals surface area contributed by atoms with E-state index in [1.165, 1.54) is 12.1 Å². The Morgan fingerprint density at radius 1 is 1.05 bits per heavy atom. The Kier molecular flexibility index (Phi) is 2.85. The summed E-state index contributed by atoms with van der Waals surface area (Å²) in [6, 6.07) is 14.5. The molecule has 4 nitrogen and oxygen atoms in total. The number of fused-ring (bicyclic) bond motifs is 3. The second kappa shape index (κ2) is 4.87. The van der Waals surface area contributed by atoms with Crippen LogP contribution in [0.3, 0.4) is 0 Å². The van der Waals surface area contributed by atoms with Crippen molar-refractivity contribution in [3.63, 3.8) is 0 Å². The van der Waals surface area contributed by atoms with Gasteiger partial charge in [-0.05, 0) is 25.1 Å². The lowest BCUT2D eigenvalue weighted by Crippen LogP contribution is -2.08. The van der Waals surface area contributed by atoms with Gasteiger partial charge in [0.25, 0.3) is 0 Å². The minimum Gasteiger partial charge on any atom is -0.281 e. The van der Waals surface area contributed by atoms with Crippen molar-refractivity contribution in [2.24, 2.45) is 4.99 Å². The number of nitrogens with zero attached hydrogens (tertiary/aromatic N) is 4. The van der Waals surface area contributed by atoms with Crippen molar-refractivity contribution in [3.05, 3.63) is 77.1 Å². The van der Waals surface area contributed by atoms with Crippen LogP contribution in [-0.2, 0) is 6.54 Å². The Labute approximate surface area is 127 Å². The van der Waals surface area contributed by atoms with Crippen LogP contribution in [-0.4, -0.2) is 20.5 Å².